The van der Waals surface area contributed by atoms with Crippen molar-refractivity contribution in [2.24, 2.45) is 0 Å². The zero-order valence-corrected chi connectivity index (χ0v) is 73.5. The van der Waals surface area contributed by atoms with E-state index in [9.17, 15) is 52.8 Å². The number of hydrogen-bond acceptors (Lipinski definition) is 18. The zero-order chi connectivity index (χ0) is 87.1. The summed E-state index contributed by atoms with van der Waals surface area (Å²) in [7, 11) is 0. The van der Waals surface area contributed by atoms with E-state index in [-0.39, 0.29) is 76.8 Å². The molecule has 0 saturated carbocycles. The minimum Gasteiger partial charge on any atom is -0.393 e. The Bertz CT molecular complexity index is 4220. The van der Waals surface area contributed by atoms with Gasteiger partial charge in [-0.3, -0.25) is 39.1 Å². The van der Waals surface area contributed by atoms with Gasteiger partial charge in [0.1, 0.15) is 17.5 Å². The van der Waals surface area contributed by atoms with Crippen LogP contribution in [-0.2, 0) is 14.2 Å². The molecule has 0 radical (unpaired) electrons. The van der Waals surface area contributed by atoms with Gasteiger partial charge >= 0.3 is 0 Å². The fourth-order valence-electron chi connectivity index (χ4n) is 14.3. The van der Waals surface area contributed by atoms with Gasteiger partial charge in [0, 0.05) is 127 Å². The van der Waals surface area contributed by atoms with Gasteiger partial charge in [0.05, 0.1) is 116 Å². The molecule has 0 unspecified atom stereocenters. The van der Waals surface area contributed by atoms with E-state index >= 15 is 0 Å². The van der Waals surface area contributed by atoms with Gasteiger partial charge in [0.25, 0.3) is 23.6 Å². The van der Waals surface area contributed by atoms with Crippen molar-refractivity contribution in [2.75, 3.05) is 146 Å². The van der Waals surface area contributed by atoms with Crippen LogP contribution >= 0.6 is 0 Å². The van der Waals surface area contributed by atoms with E-state index in [0.29, 0.717) is 151 Å². The van der Waals surface area contributed by atoms with Crippen LogP contribution in [-0.4, -0.2) is 239 Å². The third-order valence-corrected chi connectivity index (χ3v) is 22.5. The molecule has 7 fully saturated rings. The first kappa shape index (κ1) is 96.5. The average molecular weight is 1660 g/mol. The fourth-order valence-corrected chi connectivity index (χ4v) is 14.3. The second-order valence-electron chi connectivity index (χ2n) is 34.0. The number of morpholine rings is 3. The van der Waals surface area contributed by atoms with Crippen LogP contribution in [0.15, 0.2) is 128 Å². The molecule has 0 bridgehead atoms. The lowest BCUT2D eigenvalue weighted by Gasteiger charge is -2.31. The second kappa shape index (κ2) is 48.6. The Balaban J connectivity index is 0.000000174. The molecule has 7 aliphatic rings. The minimum atomic E-state index is -0.456. The molecule has 7 aliphatic heterocycles. The molecule has 656 valence electrons. The first-order valence-electron chi connectivity index (χ1n) is 43.4. The predicted octanol–water partition coefficient (Wildman–Crippen LogP) is 15.6. The smallest absolute Gasteiger partial charge is 0.256 e. The Morgan fingerprint density at radius 3 is 0.883 bits per heavy atom. The number of halogens is 3. The lowest BCUT2D eigenvalue weighted by atomic mass is 10.00. The summed E-state index contributed by atoms with van der Waals surface area (Å²) in [6.45, 7) is 43.0. The number of hydrogen-bond donors (Lipinski definition) is 4. The van der Waals surface area contributed by atoms with Crippen molar-refractivity contribution in [3.05, 3.63) is 207 Å². The normalized spacial score (nSPS) is 17.1. The Labute approximate surface area is 710 Å². The van der Waals surface area contributed by atoms with Gasteiger partial charge in [-0.05, 0) is 194 Å². The predicted molar refractivity (Wildman–Crippen MR) is 468 cm³/mol. The van der Waals surface area contributed by atoms with Crippen molar-refractivity contribution >= 4 is 40.7 Å². The van der Waals surface area contributed by atoms with Crippen LogP contribution in [0.3, 0.4) is 0 Å². The summed E-state index contributed by atoms with van der Waals surface area (Å²) in [4.78, 5) is 79.7. The molecule has 4 amide bonds. The van der Waals surface area contributed by atoms with Crippen molar-refractivity contribution in [2.45, 2.75) is 214 Å². The number of ether oxygens (including phenoxy) is 3. The van der Waals surface area contributed by atoms with E-state index < -0.39 is 11.6 Å². The quantitative estimate of drug-likeness (QED) is 0.0790. The standard InChI is InChI=1S/C15H20FNO2.C14H18FNO2.C14H20FNO.C14H20N2O2.C13H18N2O2.C13H20N2O.C12H18N2O/c1-10(2)11-3-4-13(14(16)9-11)15(19)17-7-5-12(18)6-8-17;1-10(2)11-3-4-12(13(15)9-11)14(17)16-5-7-18-8-6-16;1-10(2)11-3-4-14(13(15)9-11)16-7-5-12(17)6-8-16;1-10(2)13-4-3-11(9-15-13)14(18)16-7-5-12(17)6-8-16;1-10(2)12-4-3-11(9-14-12)13(16)15-5-7-17-8-6-15;1-10(2)13-4-3-11(9-14-13)15-7-5-12(16)6-8-15;1-10(2)12-4-3-11(9-13-12)14-5-7-15-8-6-14/h3-4,9-10,12,18H,5-8H2,1-2H3;3-4,9-10H,5-8H2,1-2H3;3-4,9-10,12,17H,5-8H2,1-2H3;3-4,9-10,12,17H,5-8H2,1-2H3;3-4,9-10H,5-8H2,1-2H3;3-4,9-10,12,16H,5-8H2,1-2H3;3-4,9-10H,5-8H2,1-2H3. The van der Waals surface area contributed by atoms with E-state index in [1.54, 1.807) is 51.4 Å². The number of aliphatic hydroxyl groups is 4. The number of anilines is 3. The van der Waals surface area contributed by atoms with Gasteiger partial charge in [-0.2, -0.15) is 0 Å². The number of aliphatic hydroxyl groups excluding tert-OH is 4. The monoisotopic (exact) mass is 1660 g/mol. The highest BCUT2D eigenvalue weighted by Crippen LogP contribution is 2.30. The maximum absolute atomic E-state index is 14.0. The topological polar surface area (TPSA) is 251 Å². The van der Waals surface area contributed by atoms with Crippen LogP contribution < -0.4 is 14.7 Å². The van der Waals surface area contributed by atoms with Gasteiger partial charge in [-0.25, -0.2) is 13.2 Å². The van der Waals surface area contributed by atoms with Gasteiger partial charge in [-0.15, -0.1) is 0 Å². The van der Waals surface area contributed by atoms with Gasteiger partial charge in [0.2, 0.25) is 0 Å². The highest BCUT2D eigenvalue weighted by atomic mass is 19.1. The zero-order valence-electron chi connectivity index (χ0n) is 73.5. The van der Waals surface area contributed by atoms with Crippen LogP contribution in [0.1, 0.15) is 271 Å². The SMILES string of the molecule is CC(C)c1ccc(C(=O)N2CCC(O)CC2)c(F)c1.CC(C)c1ccc(C(=O)N2CCC(O)CC2)cn1.CC(C)c1ccc(C(=O)N2CCOCC2)c(F)c1.CC(C)c1ccc(C(=O)N2CCOCC2)cn1.CC(C)c1ccc(N2CCC(O)CC2)c(F)c1.CC(C)c1ccc(N2CCC(O)CC2)cn1.CC(C)c1ccc(N2CCOCC2)cn1. The molecule has 3 aromatic carbocycles. The van der Waals surface area contributed by atoms with Crippen LogP contribution in [0, 0.1) is 17.5 Å². The molecule has 4 N–H and O–H groups in total. The van der Waals surface area contributed by atoms with Crippen LogP contribution in [0.2, 0.25) is 0 Å². The molecule has 0 aliphatic carbocycles. The Morgan fingerprint density at radius 2 is 0.583 bits per heavy atom. The van der Waals surface area contributed by atoms with Crippen LogP contribution in [0.4, 0.5) is 30.2 Å². The lowest BCUT2D eigenvalue weighted by Crippen LogP contribution is -2.41. The summed E-state index contributed by atoms with van der Waals surface area (Å²) in [5.41, 5.74) is 11.8. The first-order chi connectivity index (χ1) is 57.3. The number of carbonyl (C=O) groups excluding carboxylic acids is 4. The Morgan fingerprint density at radius 1 is 0.308 bits per heavy atom. The summed E-state index contributed by atoms with van der Waals surface area (Å²) in [5, 5.41) is 37.7. The number of piperidine rings is 4. The molecule has 4 aromatic heterocycles. The van der Waals surface area contributed by atoms with Crippen molar-refractivity contribution in [3.63, 3.8) is 0 Å². The van der Waals surface area contributed by atoms with Gasteiger partial charge < -0.3 is 68.9 Å². The number of amides is 4. The molecule has 0 atom stereocenters. The minimum absolute atomic E-state index is 0.0182. The number of carbonyl (C=O) groups is 4. The summed E-state index contributed by atoms with van der Waals surface area (Å²) >= 11 is 0. The molecule has 7 saturated heterocycles. The molecule has 7 aromatic rings. The van der Waals surface area contributed by atoms with Crippen molar-refractivity contribution in [3.8, 4) is 0 Å². The van der Waals surface area contributed by atoms with Crippen molar-refractivity contribution in [1.29, 1.82) is 0 Å². The molecule has 0 spiro atoms. The van der Waals surface area contributed by atoms with E-state index in [4.69, 9.17) is 14.2 Å². The number of aromatic nitrogens is 4. The third kappa shape index (κ3) is 30.0. The number of nitrogens with zero attached hydrogens (tertiary/aromatic N) is 11. The fraction of sp³-hybridized carbons (Fsp3) is 0.558. The van der Waals surface area contributed by atoms with E-state index in [1.165, 1.54) is 23.5 Å². The van der Waals surface area contributed by atoms with Crippen molar-refractivity contribution in [1.82, 2.24) is 39.5 Å². The highest BCUT2D eigenvalue weighted by molar-refractivity contribution is 5.96. The Hall–Kier alpha value is -8.95. The molecule has 120 heavy (non-hydrogen) atoms. The number of rotatable bonds is 14. The molecular formula is C95H134F3N11O11. The summed E-state index contributed by atoms with van der Waals surface area (Å²) < 4.78 is 57.6. The lowest BCUT2D eigenvalue weighted by molar-refractivity contribution is 0.0299. The highest BCUT2D eigenvalue weighted by Gasteiger charge is 2.29. The number of pyridine rings is 4. The average Bonchev–Trinajstić information content (AvgIpc) is 0.830. The van der Waals surface area contributed by atoms with E-state index in [2.05, 4.69) is 123 Å². The second-order valence-corrected chi connectivity index (χ2v) is 34.0. The third-order valence-electron chi connectivity index (χ3n) is 22.5. The summed E-state index contributed by atoms with van der Waals surface area (Å²) in [5.74, 6) is 1.11. The van der Waals surface area contributed by atoms with Crippen molar-refractivity contribution < 1.29 is 67.0 Å². The van der Waals surface area contributed by atoms with E-state index in [1.807, 2.05) is 92.4 Å². The number of benzene rings is 3. The maximum atomic E-state index is 14.0. The summed E-state index contributed by atoms with van der Waals surface area (Å²) in [6.07, 6.45) is 12.0. The first-order valence-corrected chi connectivity index (χ1v) is 43.4. The molecule has 22 nitrogen and oxygen atoms in total. The maximum Gasteiger partial charge on any atom is 0.256 e. The number of likely N-dealkylation sites (tertiary alicyclic amines) is 2. The largest absolute Gasteiger partial charge is 0.393 e. The van der Waals surface area contributed by atoms with E-state index in [0.717, 1.165) is 118 Å². The van der Waals surface area contributed by atoms with Gasteiger partial charge in [0.15, 0.2) is 0 Å². The Kier molecular flexibility index (Phi) is 39.1. The molecule has 11 heterocycles. The van der Waals surface area contributed by atoms with Crippen LogP contribution in [0.5, 0.6) is 0 Å². The van der Waals surface area contributed by atoms with Gasteiger partial charge in [-0.1, -0.05) is 115 Å². The molecule has 14 rings (SSSR count). The summed E-state index contributed by atoms with van der Waals surface area (Å²) in [6, 6.07) is 31.2. The molecular weight excluding hydrogens is 1530 g/mol. The molecule has 25 heteroatoms. The van der Waals surface area contributed by atoms with Crippen LogP contribution in [0.25, 0.3) is 0 Å².